The van der Waals surface area contributed by atoms with Gasteiger partial charge in [-0.2, -0.15) is 13.2 Å². The largest absolute Gasteiger partial charge is 0.465 e. The fourth-order valence-electron chi connectivity index (χ4n) is 3.83. The van der Waals surface area contributed by atoms with Crippen LogP contribution in [0, 0.1) is 5.41 Å². The van der Waals surface area contributed by atoms with Gasteiger partial charge in [-0.05, 0) is 37.9 Å². The van der Waals surface area contributed by atoms with Crippen LogP contribution < -0.4 is 0 Å². The summed E-state index contributed by atoms with van der Waals surface area (Å²) in [5, 5.41) is 9.07. The Morgan fingerprint density at radius 3 is 2.28 bits per heavy atom. The summed E-state index contributed by atoms with van der Waals surface area (Å²) in [5.74, 6) is -0.901. The number of hydrogen-bond donors (Lipinski definition) is 1. The molecule has 2 amide bonds. The molecule has 2 saturated heterocycles. The van der Waals surface area contributed by atoms with Crippen LogP contribution in [0.1, 0.15) is 24.8 Å². The molecule has 0 unspecified atom stereocenters. The van der Waals surface area contributed by atoms with Gasteiger partial charge < -0.3 is 5.11 Å². The van der Waals surface area contributed by atoms with E-state index < -0.39 is 36.1 Å². The number of carbonyl (C=O) groups is 2. The molecule has 136 valence electrons. The monoisotopic (exact) mass is 356 g/mol. The fourth-order valence-corrected chi connectivity index (χ4v) is 3.83. The molecule has 25 heavy (non-hydrogen) atoms. The van der Waals surface area contributed by atoms with Crippen LogP contribution in [0.3, 0.4) is 0 Å². The van der Waals surface area contributed by atoms with Crippen LogP contribution in [-0.4, -0.2) is 52.2 Å². The molecule has 0 bridgehead atoms. The van der Waals surface area contributed by atoms with E-state index in [1.54, 1.807) is 0 Å². The molecule has 0 aromatic heterocycles. The van der Waals surface area contributed by atoms with Crippen molar-refractivity contribution in [3.05, 3.63) is 35.9 Å². The second kappa shape index (κ2) is 6.33. The van der Waals surface area contributed by atoms with E-state index in [1.807, 2.05) is 30.3 Å². The maximum atomic E-state index is 13.2. The van der Waals surface area contributed by atoms with E-state index in [0.29, 0.717) is 19.6 Å². The van der Waals surface area contributed by atoms with E-state index in [2.05, 4.69) is 4.90 Å². The number of imide groups is 1. The Morgan fingerprint density at radius 2 is 1.80 bits per heavy atom. The minimum Gasteiger partial charge on any atom is -0.465 e. The molecule has 2 aliphatic rings. The number of amides is 2. The zero-order valence-electron chi connectivity index (χ0n) is 13.5. The quantitative estimate of drug-likeness (QED) is 0.885. The summed E-state index contributed by atoms with van der Waals surface area (Å²) < 4.78 is 39.5. The summed E-state index contributed by atoms with van der Waals surface area (Å²) in [7, 11) is 0. The molecule has 0 aliphatic carbocycles. The molecule has 0 radical (unpaired) electrons. The maximum absolute atomic E-state index is 13.2. The van der Waals surface area contributed by atoms with Gasteiger partial charge in [-0.25, -0.2) is 9.69 Å². The molecule has 1 aromatic rings. The van der Waals surface area contributed by atoms with Crippen LogP contribution in [0.2, 0.25) is 0 Å². The van der Waals surface area contributed by atoms with Gasteiger partial charge in [0.2, 0.25) is 5.91 Å². The van der Waals surface area contributed by atoms with Gasteiger partial charge in [0.15, 0.2) is 0 Å². The summed E-state index contributed by atoms with van der Waals surface area (Å²) in [6, 6.07) is 7.44. The lowest BCUT2D eigenvalue weighted by atomic mass is 9.76. The zero-order chi connectivity index (χ0) is 18.2. The Bertz CT molecular complexity index is 655. The van der Waals surface area contributed by atoms with Crippen molar-refractivity contribution >= 4 is 12.0 Å². The van der Waals surface area contributed by atoms with E-state index in [9.17, 15) is 22.8 Å². The molecule has 3 rings (SSSR count). The smallest absolute Gasteiger partial charge is 0.414 e. The predicted octanol–water partition coefficient (Wildman–Crippen LogP) is 3.11. The first-order chi connectivity index (χ1) is 11.7. The second-order valence-corrected chi connectivity index (χ2v) is 6.76. The van der Waals surface area contributed by atoms with E-state index >= 15 is 0 Å². The van der Waals surface area contributed by atoms with Gasteiger partial charge in [-0.15, -0.1) is 0 Å². The molecule has 1 spiro atoms. The van der Waals surface area contributed by atoms with Crippen molar-refractivity contribution in [2.24, 2.45) is 5.41 Å². The van der Waals surface area contributed by atoms with Crippen LogP contribution in [-0.2, 0) is 11.3 Å². The third-order valence-corrected chi connectivity index (χ3v) is 5.21. The number of benzene rings is 1. The summed E-state index contributed by atoms with van der Waals surface area (Å²) in [4.78, 5) is 25.7. The number of hydrogen-bond acceptors (Lipinski definition) is 3. The van der Waals surface area contributed by atoms with Gasteiger partial charge in [0, 0.05) is 6.54 Å². The summed E-state index contributed by atoms with van der Waals surface area (Å²) >= 11 is 0. The second-order valence-electron chi connectivity index (χ2n) is 6.76. The van der Waals surface area contributed by atoms with E-state index in [0.717, 1.165) is 5.56 Å². The standard InChI is InChI=1S/C17H19F3N2O3/c18-17(19,20)13-10-16(14(23)22(13)15(24)25)6-8-21(9-7-16)11-12-4-2-1-3-5-12/h1-5,13H,6-11H2,(H,24,25)/t13-/m0/s1. The summed E-state index contributed by atoms with van der Waals surface area (Å²) in [5.41, 5.74) is -0.122. The first-order valence-corrected chi connectivity index (χ1v) is 8.12. The maximum Gasteiger partial charge on any atom is 0.414 e. The summed E-state index contributed by atoms with van der Waals surface area (Å²) in [6.07, 6.45) is -6.54. The van der Waals surface area contributed by atoms with Crippen molar-refractivity contribution in [3.8, 4) is 0 Å². The molecule has 2 fully saturated rings. The molecule has 2 aliphatic heterocycles. The van der Waals surface area contributed by atoms with Crippen LogP contribution in [0.15, 0.2) is 30.3 Å². The van der Waals surface area contributed by atoms with E-state index in [-0.39, 0.29) is 17.7 Å². The van der Waals surface area contributed by atoms with Gasteiger partial charge in [0.05, 0.1) is 5.41 Å². The number of halogens is 3. The number of alkyl halides is 3. The van der Waals surface area contributed by atoms with Crippen molar-refractivity contribution < 1.29 is 27.9 Å². The molecule has 5 nitrogen and oxygen atoms in total. The third kappa shape index (κ3) is 3.35. The normalized spacial score (nSPS) is 24.0. The van der Waals surface area contributed by atoms with Crippen molar-refractivity contribution in [2.75, 3.05) is 13.1 Å². The molecule has 1 aromatic carbocycles. The number of nitrogens with zero attached hydrogens (tertiary/aromatic N) is 2. The van der Waals surface area contributed by atoms with Crippen molar-refractivity contribution in [1.82, 2.24) is 9.80 Å². The Hall–Kier alpha value is -2.09. The van der Waals surface area contributed by atoms with Crippen LogP contribution in [0.4, 0.5) is 18.0 Å². The summed E-state index contributed by atoms with van der Waals surface area (Å²) in [6.45, 7) is 1.60. The number of likely N-dealkylation sites (tertiary alicyclic amines) is 2. The van der Waals surface area contributed by atoms with Crippen LogP contribution in [0.25, 0.3) is 0 Å². The lowest BCUT2D eigenvalue weighted by Crippen LogP contribution is -2.47. The molecule has 0 saturated carbocycles. The predicted molar refractivity (Wildman–Crippen MR) is 82.7 cm³/mol. The first kappa shape index (κ1) is 17.7. The number of carboxylic acid groups (broad SMARTS) is 1. The van der Waals surface area contributed by atoms with Crippen molar-refractivity contribution in [1.29, 1.82) is 0 Å². The number of rotatable bonds is 2. The topological polar surface area (TPSA) is 60.9 Å². The van der Waals surface area contributed by atoms with Crippen molar-refractivity contribution in [2.45, 2.75) is 38.0 Å². The highest BCUT2D eigenvalue weighted by Crippen LogP contribution is 2.48. The third-order valence-electron chi connectivity index (χ3n) is 5.21. The van der Waals surface area contributed by atoms with E-state index in [1.165, 1.54) is 0 Å². The first-order valence-electron chi connectivity index (χ1n) is 8.12. The highest BCUT2D eigenvalue weighted by molar-refractivity contribution is 5.97. The van der Waals surface area contributed by atoms with Crippen molar-refractivity contribution in [3.63, 3.8) is 0 Å². The van der Waals surface area contributed by atoms with Gasteiger partial charge in [-0.1, -0.05) is 30.3 Å². The van der Waals surface area contributed by atoms with Gasteiger partial charge in [0.25, 0.3) is 0 Å². The minimum atomic E-state index is -4.74. The highest BCUT2D eigenvalue weighted by Gasteiger charge is 2.62. The Labute approximate surface area is 143 Å². The Kier molecular flexibility index (Phi) is 4.49. The lowest BCUT2D eigenvalue weighted by Gasteiger charge is -2.37. The van der Waals surface area contributed by atoms with Crippen LogP contribution >= 0.6 is 0 Å². The number of carbonyl (C=O) groups excluding carboxylic acids is 1. The molecular formula is C17H19F3N2O3. The molecule has 1 N–H and O–H groups in total. The Balaban J connectivity index is 1.71. The Morgan fingerprint density at radius 1 is 1.20 bits per heavy atom. The van der Waals surface area contributed by atoms with E-state index in [4.69, 9.17) is 5.11 Å². The molecular weight excluding hydrogens is 337 g/mol. The average molecular weight is 356 g/mol. The molecule has 1 atom stereocenters. The molecule has 8 heteroatoms. The minimum absolute atomic E-state index is 0.00709. The average Bonchev–Trinajstić information content (AvgIpc) is 2.84. The SMILES string of the molecule is O=C(O)N1C(=O)C2(CCN(Cc3ccccc3)CC2)C[C@H]1C(F)(F)F. The molecule has 2 heterocycles. The van der Waals surface area contributed by atoms with Gasteiger partial charge in [-0.3, -0.25) is 9.69 Å². The van der Waals surface area contributed by atoms with Gasteiger partial charge in [0.1, 0.15) is 6.04 Å². The zero-order valence-corrected chi connectivity index (χ0v) is 13.5. The van der Waals surface area contributed by atoms with Crippen LogP contribution in [0.5, 0.6) is 0 Å². The fraction of sp³-hybridized carbons (Fsp3) is 0.529. The highest BCUT2D eigenvalue weighted by atomic mass is 19.4. The number of piperidine rings is 1. The lowest BCUT2D eigenvalue weighted by molar-refractivity contribution is -0.175. The van der Waals surface area contributed by atoms with Gasteiger partial charge >= 0.3 is 12.3 Å².